The van der Waals surface area contributed by atoms with Gasteiger partial charge < -0.3 is 73.1 Å². The van der Waals surface area contributed by atoms with Crippen molar-refractivity contribution >= 4 is 0 Å². The normalized spacial score (nSPS) is 52.7. The summed E-state index contributed by atoms with van der Waals surface area (Å²) in [6.07, 6.45) is -10.8. The number of hydrogen-bond acceptors (Lipinski definition) is 14. The van der Waals surface area contributed by atoms with Crippen molar-refractivity contribution in [3.63, 3.8) is 0 Å². The SMILES string of the molecule is NC[C@H]1O[C@H](O[C@H]2[C@H](O)[C@@H](O[13C@H]3O[13C@H]([13CH2]O)[13C@@H](O)[13C@H](N)[13C@H]3O)[C@H](N)C[C@@H]2N)[C@H](N)C[C@@H]1O. The summed E-state index contributed by atoms with van der Waals surface area (Å²) in [5.41, 5.74) is 29.8. The average molecular weight is 473 g/mol. The van der Waals surface area contributed by atoms with Gasteiger partial charge in [-0.3, -0.25) is 0 Å². The standard InChI is InChI=1S/C18H37N5O9/c19-3-9-8(25)2-7(22)17(29-9)31-15-5(20)1-6(21)16(14(15)28)32-18-13(27)11(23)12(26)10(4-24)30-18/h5-18,24-28H,1-4,19-23H2/t5-,6+,7+,8-,9+,10+,11-,12+,13+,14-,15+,16-,17+,18+/m0/s1/i4+1,10+1,11+1,12+1,13+1,18+1. The molecule has 1 aliphatic carbocycles. The van der Waals surface area contributed by atoms with Gasteiger partial charge in [0.15, 0.2) is 12.6 Å². The van der Waals surface area contributed by atoms with Crippen LogP contribution < -0.4 is 28.7 Å². The molecule has 188 valence electrons. The van der Waals surface area contributed by atoms with Crippen LogP contribution in [-0.2, 0) is 18.9 Å². The molecule has 0 unspecified atom stereocenters. The minimum absolute atomic E-state index is 0.0542. The Morgan fingerprint density at radius 1 is 0.719 bits per heavy atom. The number of aliphatic hydroxyl groups excluding tert-OH is 5. The van der Waals surface area contributed by atoms with Crippen molar-refractivity contribution in [1.29, 1.82) is 0 Å². The molecule has 2 saturated heterocycles. The van der Waals surface area contributed by atoms with E-state index in [0.717, 1.165) is 0 Å². The minimum atomic E-state index is -1.44. The highest BCUT2D eigenvalue weighted by molar-refractivity contribution is 5.01. The second-order valence-electron chi connectivity index (χ2n) is 8.78. The van der Waals surface area contributed by atoms with E-state index < -0.39 is 92.2 Å². The number of aliphatic hydroxyl groups is 5. The molecule has 0 aromatic heterocycles. The van der Waals surface area contributed by atoms with Crippen molar-refractivity contribution in [2.75, 3.05) is 13.2 Å². The first-order chi connectivity index (χ1) is 15.1. The van der Waals surface area contributed by atoms with E-state index in [4.69, 9.17) is 47.6 Å². The summed E-state index contributed by atoms with van der Waals surface area (Å²) in [6.45, 7) is -0.499. The van der Waals surface area contributed by atoms with Gasteiger partial charge in [-0.25, -0.2) is 0 Å². The van der Waals surface area contributed by atoms with Crippen LogP contribution in [0.4, 0.5) is 0 Å². The zero-order chi connectivity index (χ0) is 23.7. The van der Waals surface area contributed by atoms with E-state index in [1.54, 1.807) is 0 Å². The van der Waals surface area contributed by atoms with Gasteiger partial charge in [0, 0.05) is 18.6 Å². The fraction of sp³-hybridized carbons (Fsp3) is 1.00. The maximum Gasteiger partial charge on any atom is 0.186 e. The Labute approximate surface area is 185 Å². The Hall–Kier alpha value is -0.560. The molecule has 0 amide bonds. The topological polar surface area (TPSA) is 268 Å². The third-order valence-corrected chi connectivity index (χ3v) is 6.41. The monoisotopic (exact) mass is 473 g/mol. The number of hydrogen-bond donors (Lipinski definition) is 10. The van der Waals surface area contributed by atoms with Gasteiger partial charge in [0.25, 0.3) is 0 Å². The molecule has 2 heterocycles. The quantitative estimate of drug-likeness (QED) is 0.161. The summed E-state index contributed by atoms with van der Waals surface area (Å²) in [5, 5.41) is 50.7. The van der Waals surface area contributed by atoms with Gasteiger partial charge in [-0.1, -0.05) is 0 Å². The lowest BCUT2D eigenvalue weighted by Crippen LogP contribution is -2.68. The van der Waals surface area contributed by atoms with Crippen LogP contribution in [-0.4, -0.2) is 124 Å². The molecule has 15 N–H and O–H groups in total. The highest BCUT2D eigenvalue weighted by Crippen LogP contribution is 2.30. The first-order valence-corrected chi connectivity index (χ1v) is 10.8. The van der Waals surface area contributed by atoms with E-state index in [2.05, 4.69) is 0 Å². The van der Waals surface area contributed by atoms with Gasteiger partial charge in [0.05, 0.1) is 30.9 Å². The van der Waals surface area contributed by atoms with Gasteiger partial charge in [-0.2, -0.15) is 0 Å². The Kier molecular flexibility index (Phi) is 8.79. The molecule has 1 saturated carbocycles. The molecule has 0 aromatic rings. The fourth-order valence-electron chi connectivity index (χ4n) is 4.43. The second-order valence-corrected chi connectivity index (χ2v) is 8.78. The van der Waals surface area contributed by atoms with E-state index in [1.807, 2.05) is 0 Å². The molecule has 0 radical (unpaired) electrons. The van der Waals surface area contributed by atoms with Crippen LogP contribution >= 0.6 is 0 Å². The van der Waals surface area contributed by atoms with Crippen molar-refractivity contribution in [2.24, 2.45) is 28.7 Å². The Morgan fingerprint density at radius 3 is 1.84 bits per heavy atom. The van der Waals surface area contributed by atoms with Crippen LogP contribution in [0, 0.1) is 0 Å². The van der Waals surface area contributed by atoms with Gasteiger partial charge in [-0.15, -0.1) is 0 Å². The summed E-state index contributed by atoms with van der Waals surface area (Å²) in [5.74, 6) is 0. The molecule has 0 spiro atoms. The summed E-state index contributed by atoms with van der Waals surface area (Å²) < 4.78 is 22.7. The van der Waals surface area contributed by atoms with E-state index in [-0.39, 0.29) is 19.4 Å². The molecular weight excluding hydrogens is 436 g/mol. The maximum atomic E-state index is 11.0. The van der Waals surface area contributed by atoms with E-state index in [1.165, 1.54) is 0 Å². The molecular formula is C18H37N5O9. The molecule has 3 fully saturated rings. The largest absolute Gasteiger partial charge is 0.394 e. The first-order valence-electron chi connectivity index (χ1n) is 10.8. The minimum Gasteiger partial charge on any atom is -0.394 e. The van der Waals surface area contributed by atoms with E-state index in [9.17, 15) is 25.5 Å². The zero-order valence-corrected chi connectivity index (χ0v) is 17.7. The lowest BCUT2D eigenvalue weighted by molar-refractivity contribution is -0.314. The average Bonchev–Trinajstić information content (AvgIpc) is 2.75. The predicted octanol–water partition coefficient (Wildman–Crippen LogP) is -6.30. The molecule has 2 aliphatic heterocycles. The number of rotatable bonds is 6. The lowest BCUT2D eigenvalue weighted by atomic mass is 9.84. The Morgan fingerprint density at radius 2 is 1.28 bits per heavy atom. The van der Waals surface area contributed by atoms with Gasteiger partial charge in [0.2, 0.25) is 0 Å². The van der Waals surface area contributed by atoms with E-state index in [0.29, 0.717) is 0 Å². The molecule has 0 aromatic carbocycles. The number of nitrogens with two attached hydrogens (primary N) is 5. The molecule has 14 heteroatoms. The lowest BCUT2D eigenvalue weighted by Gasteiger charge is -2.47. The fourth-order valence-corrected chi connectivity index (χ4v) is 4.43. The van der Waals surface area contributed by atoms with Gasteiger partial charge in [0.1, 0.15) is 36.6 Å². The maximum absolute atomic E-state index is 11.0. The molecule has 3 aliphatic rings. The van der Waals surface area contributed by atoms with Crippen LogP contribution in [0.3, 0.4) is 0 Å². The van der Waals surface area contributed by atoms with Crippen LogP contribution in [0.1, 0.15) is 12.8 Å². The van der Waals surface area contributed by atoms with Crippen molar-refractivity contribution < 1.29 is 44.5 Å². The third-order valence-electron chi connectivity index (χ3n) is 6.41. The first kappa shape index (κ1) is 26.1. The molecule has 14 nitrogen and oxygen atoms in total. The summed E-state index contributed by atoms with van der Waals surface area (Å²) in [6, 6.07) is -3.27. The van der Waals surface area contributed by atoms with Gasteiger partial charge >= 0.3 is 0 Å². The Balaban J connectivity index is 1.70. The smallest absolute Gasteiger partial charge is 0.186 e. The zero-order valence-electron chi connectivity index (χ0n) is 17.7. The van der Waals surface area contributed by atoms with Crippen LogP contribution in [0.5, 0.6) is 0 Å². The van der Waals surface area contributed by atoms with Crippen molar-refractivity contribution in [3.05, 3.63) is 0 Å². The van der Waals surface area contributed by atoms with Crippen LogP contribution in [0.25, 0.3) is 0 Å². The second kappa shape index (κ2) is 10.8. The molecule has 32 heavy (non-hydrogen) atoms. The number of ether oxygens (including phenoxy) is 4. The molecule has 14 atom stereocenters. The predicted molar refractivity (Wildman–Crippen MR) is 108 cm³/mol. The van der Waals surface area contributed by atoms with Crippen molar-refractivity contribution in [2.45, 2.75) is 98.4 Å². The molecule has 3 rings (SSSR count). The van der Waals surface area contributed by atoms with E-state index >= 15 is 0 Å². The van der Waals surface area contributed by atoms with Crippen LogP contribution in [0.15, 0.2) is 0 Å². The van der Waals surface area contributed by atoms with Gasteiger partial charge in [-0.05, 0) is 12.8 Å². The highest BCUT2D eigenvalue weighted by Gasteiger charge is 2.50. The molecule has 0 bridgehead atoms. The highest BCUT2D eigenvalue weighted by atomic mass is 16.9. The van der Waals surface area contributed by atoms with Crippen LogP contribution in [0.2, 0.25) is 0 Å². The summed E-state index contributed by atoms with van der Waals surface area (Å²) in [7, 11) is 0. The third kappa shape index (κ3) is 5.24. The summed E-state index contributed by atoms with van der Waals surface area (Å²) in [4.78, 5) is 0. The van der Waals surface area contributed by atoms with Crippen molar-refractivity contribution in [3.8, 4) is 0 Å². The Bertz CT molecular complexity index is 607. The van der Waals surface area contributed by atoms with Crippen molar-refractivity contribution in [1.82, 2.24) is 0 Å². The summed E-state index contributed by atoms with van der Waals surface area (Å²) >= 11 is 0.